The average molecular weight is 465 g/mol. The summed E-state index contributed by atoms with van der Waals surface area (Å²) in [6.07, 6.45) is -0.502. The highest BCUT2D eigenvalue weighted by atomic mass is 32.1. The standard InChI is InChI=1S/C23H20N4O5S/c1-32-23(29)26-22(33)25-19-12-11-17(21(28)15-5-3-2-4-6-15)18(20(19)24)13-14-7-9-16(10-8-14)27(30)31/h2-12H,13,24H2,1H3,(H2,25,26,29,33). The van der Waals surface area contributed by atoms with Crippen molar-refractivity contribution in [1.29, 1.82) is 0 Å². The molecule has 3 aromatic carbocycles. The molecule has 0 saturated carbocycles. The third-order valence-corrected chi connectivity index (χ3v) is 5.02. The molecule has 3 rings (SSSR count). The molecular weight excluding hydrogens is 444 g/mol. The molecule has 0 unspecified atom stereocenters. The van der Waals surface area contributed by atoms with Gasteiger partial charge in [0, 0.05) is 29.7 Å². The van der Waals surface area contributed by atoms with E-state index in [0.29, 0.717) is 22.4 Å². The van der Waals surface area contributed by atoms with E-state index in [0.717, 1.165) is 5.56 Å². The minimum absolute atomic E-state index is 0.0306. The van der Waals surface area contributed by atoms with E-state index in [2.05, 4.69) is 15.4 Å². The van der Waals surface area contributed by atoms with Gasteiger partial charge in [-0.25, -0.2) is 4.79 Å². The maximum atomic E-state index is 13.2. The topological polar surface area (TPSA) is 137 Å². The van der Waals surface area contributed by atoms with Gasteiger partial charge in [0.25, 0.3) is 5.69 Å². The Bertz CT molecular complexity index is 1210. The van der Waals surface area contributed by atoms with Gasteiger partial charge in [-0.15, -0.1) is 0 Å². The van der Waals surface area contributed by atoms with Crippen molar-refractivity contribution in [2.75, 3.05) is 18.2 Å². The maximum Gasteiger partial charge on any atom is 0.413 e. The Labute approximate surface area is 194 Å². The number of nitrogen functional groups attached to an aromatic ring is 1. The first kappa shape index (κ1) is 23.4. The van der Waals surface area contributed by atoms with E-state index >= 15 is 0 Å². The highest BCUT2D eigenvalue weighted by molar-refractivity contribution is 7.80. The van der Waals surface area contributed by atoms with Crippen LogP contribution in [0.5, 0.6) is 0 Å². The van der Waals surface area contributed by atoms with Crippen LogP contribution in [-0.2, 0) is 11.2 Å². The molecule has 0 aliphatic carbocycles. The van der Waals surface area contributed by atoms with Crippen LogP contribution in [0.25, 0.3) is 0 Å². The fourth-order valence-electron chi connectivity index (χ4n) is 3.16. The molecule has 10 heteroatoms. The van der Waals surface area contributed by atoms with E-state index < -0.39 is 11.0 Å². The second-order valence-corrected chi connectivity index (χ2v) is 7.33. The molecule has 0 aromatic heterocycles. The van der Waals surface area contributed by atoms with Crippen LogP contribution in [0.4, 0.5) is 21.9 Å². The summed E-state index contributed by atoms with van der Waals surface area (Å²) in [6, 6.07) is 18.0. The molecule has 0 atom stereocenters. The fourth-order valence-corrected chi connectivity index (χ4v) is 3.35. The molecule has 0 radical (unpaired) electrons. The first-order chi connectivity index (χ1) is 15.8. The molecule has 1 amide bonds. The number of nitro groups is 1. The zero-order valence-corrected chi connectivity index (χ0v) is 18.3. The molecule has 168 valence electrons. The van der Waals surface area contributed by atoms with Crippen LogP contribution in [0, 0.1) is 10.1 Å². The number of ketones is 1. The first-order valence-corrected chi connectivity index (χ1v) is 10.1. The number of nitrogens with one attached hydrogen (secondary N) is 2. The van der Waals surface area contributed by atoms with Crippen LogP contribution in [0.2, 0.25) is 0 Å². The summed E-state index contributed by atoms with van der Waals surface area (Å²) >= 11 is 5.10. The summed E-state index contributed by atoms with van der Waals surface area (Å²) in [5.41, 5.74) is 9.13. The quantitative estimate of drug-likeness (QED) is 0.163. The van der Waals surface area contributed by atoms with Crippen molar-refractivity contribution in [2.45, 2.75) is 6.42 Å². The summed E-state index contributed by atoms with van der Waals surface area (Å²) in [6.45, 7) is 0. The Balaban J connectivity index is 2.01. The summed E-state index contributed by atoms with van der Waals surface area (Å²) < 4.78 is 4.52. The van der Waals surface area contributed by atoms with E-state index in [-0.39, 0.29) is 28.7 Å². The predicted molar refractivity (Wildman–Crippen MR) is 128 cm³/mol. The highest BCUT2D eigenvalue weighted by Crippen LogP contribution is 2.30. The third kappa shape index (κ3) is 5.69. The molecule has 0 fully saturated rings. The van der Waals surface area contributed by atoms with Crippen molar-refractivity contribution in [3.63, 3.8) is 0 Å². The number of rotatable bonds is 6. The van der Waals surface area contributed by atoms with Crippen LogP contribution >= 0.6 is 12.2 Å². The van der Waals surface area contributed by atoms with Crippen molar-refractivity contribution in [3.8, 4) is 0 Å². The fraction of sp³-hybridized carbons (Fsp3) is 0.0870. The van der Waals surface area contributed by atoms with Gasteiger partial charge in [-0.2, -0.15) is 0 Å². The molecular formula is C23H20N4O5S. The Morgan fingerprint density at radius 1 is 1.06 bits per heavy atom. The van der Waals surface area contributed by atoms with E-state index in [1.54, 1.807) is 48.5 Å². The summed E-state index contributed by atoms with van der Waals surface area (Å²) in [7, 11) is 1.21. The van der Waals surface area contributed by atoms with Gasteiger partial charge in [0.2, 0.25) is 0 Å². The van der Waals surface area contributed by atoms with E-state index in [9.17, 15) is 19.7 Å². The number of hydrogen-bond acceptors (Lipinski definition) is 7. The molecule has 33 heavy (non-hydrogen) atoms. The van der Waals surface area contributed by atoms with Crippen molar-refractivity contribution < 1.29 is 19.2 Å². The van der Waals surface area contributed by atoms with Gasteiger partial charge < -0.3 is 15.8 Å². The van der Waals surface area contributed by atoms with Gasteiger partial charge in [0.05, 0.1) is 23.4 Å². The number of benzene rings is 3. The minimum atomic E-state index is -0.743. The van der Waals surface area contributed by atoms with Gasteiger partial charge in [-0.05, 0) is 35.5 Å². The smallest absolute Gasteiger partial charge is 0.413 e. The highest BCUT2D eigenvalue weighted by Gasteiger charge is 2.19. The molecule has 9 nitrogen and oxygen atoms in total. The van der Waals surface area contributed by atoms with Crippen molar-refractivity contribution in [1.82, 2.24) is 5.32 Å². The zero-order valence-electron chi connectivity index (χ0n) is 17.5. The van der Waals surface area contributed by atoms with Crippen LogP contribution in [0.15, 0.2) is 66.7 Å². The number of amides is 1. The van der Waals surface area contributed by atoms with E-state index in [1.807, 2.05) is 6.07 Å². The van der Waals surface area contributed by atoms with Crippen LogP contribution in [0.3, 0.4) is 0 Å². The SMILES string of the molecule is COC(=O)NC(=S)Nc1ccc(C(=O)c2ccccc2)c(Cc2ccc([N+](=O)[O-])cc2)c1N. The lowest BCUT2D eigenvalue weighted by Gasteiger charge is -2.17. The van der Waals surface area contributed by atoms with Crippen LogP contribution in [0.1, 0.15) is 27.0 Å². The molecule has 0 aliphatic heterocycles. The van der Waals surface area contributed by atoms with Gasteiger partial charge >= 0.3 is 6.09 Å². The number of carbonyl (C=O) groups is 2. The first-order valence-electron chi connectivity index (χ1n) is 9.70. The largest absolute Gasteiger partial charge is 0.453 e. The van der Waals surface area contributed by atoms with Gasteiger partial charge in [-0.3, -0.25) is 20.2 Å². The predicted octanol–water partition coefficient (Wildman–Crippen LogP) is 4.05. The molecule has 3 aromatic rings. The zero-order chi connectivity index (χ0) is 24.0. The number of anilines is 2. The number of thiocarbonyl (C=S) groups is 1. The Morgan fingerprint density at radius 3 is 2.33 bits per heavy atom. The van der Waals surface area contributed by atoms with Crippen molar-refractivity contribution in [3.05, 3.63) is 99.1 Å². The lowest BCUT2D eigenvalue weighted by atomic mass is 9.92. The van der Waals surface area contributed by atoms with Gasteiger partial charge in [0.15, 0.2) is 10.9 Å². The van der Waals surface area contributed by atoms with Gasteiger partial charge in [-0.1, -0.05) is 42.5 Å². The van der Waals surface area contributed by atoms with E-state index in [4.69, 9.17) is 18.0 Å². The number of non-ortho nitro benzene ring substituents is 1. The molecule has 0 saturated heterocycles. The molecule has 0 aliphatic rings. The molecule has 0 spiro atoms. The Morgan fingerprint density at radius 2 is 1.73 bits per heavy atom. The number of nitrogens with zero attached hydrogens (tertiary/aromatic N) is 1. The summed E-state index contributed by atoms with van der Waals surface area (Å²) in [5, 5.41) is 16.1. The van der Waals surface area contributed by atoms with Crippen molar-refractivity contribution >= 4 is 46.3 Å². The van der Waals surface area contributed by atoms with Crippen LogP contribution < -0.4 is 16.4 Å². The van der Waals surface area contributed by atoms with Gasteiger partial charge in [0.1, 0.15) is 0 Å². The lowest BCUT2D eigenvalue weighted by Crippen LogP contribution is -2.34. The summed E-state index contributed by atoms with van der Waals surface area (Å²) in [4.78, 5) is 35.1. The summed E-state index contributed by atoms with van der Waals surface area (Å²) in [5.74, 6) is -0.221. The number of hydrogen-bond donors (Lipinski definition) is 3. The Kier molecular flexibility index (Phi) is 7.31. The number of nitrogens with two attached hydrogens (primary N) is 1. The lowest BCUT2D eigenvalue weighted by molar-refractivity contribution is -0.384. The molecule has 4 N–H and O–H groups in total. The van der Waals surface area contributed by atoms with Crippen molar-refractivity contribution in [2.24, 2.45) is 0 Å². The second-order valence-electron chi connectivity index (χ2n) is 6.92. The van der Waals surface area contributed by atoms with Crippen LogP contribution in [-0.4, -0.2) is 29.0 Å². The normalized spacial score (nSPS) is 10.2. The Hall–Kier alpha value is -4.31. The maximum absolute atomic E-state index is 13.2. The number of methoxy groups -OCH3 is 1. The average Bonchev–Trinajstić information content (AvgIpc) is 2.82. The molecule has 0 heterocycles. The second kappa shape index (κ2) is 10.3. The number of nitro benzene ring substituents is 1. The molecule has 0 bridgehead atoms. The number of carbonyl (C=O) groups excluding carboxylic acids is 2. The minimum Gasteiger partial charge on any atom is -0.453 e. The number of alkyl carbamates (subject to hydrolysis) is 1. The van der Waals surface area contributed by atoms with E-state index in [1.165, 1.54) is 19.2 Å². The third-order valence-electron chi connectivity index (χ3n) is 4.81. The monoisotopic (exact) mass is 464 g/mol. The number of ether oxygens (including phenoxy) is 1.